The van der Waals surface area contributed by atoms with Crippen LogP contribution in [0.15, 0.2) is 12.3 Å². The number of aromatic nitrogens is 1. The zero-order valence-corrected chi connectivity index (χ0v) is 11.0. The van der Waals surface area contributed by atoms with E-state index in [0.29, 0.717) is 12.4 Å². The van der Waals surface area contributed by atoms with E-state index in [1.165, 1.54) is 12.3 Å². The number of anilines is 2. The third-order valence-electron chi connectivity index (χ3n) is 2.45. The molecule has 0 spiro atoms. The number of hydrogen-bond acceptors (Lipinski definition) is 5. The van der Waals surface area contributed by atoms with Crippen LogP contribution in [0.5, 0.6) is 0 Å². The lowest BCUT2D eigenvalue weighted by Crippen LogP contribution is -2.26. The lowest BCUT2D eigenvalue weighted by atomic mass is 10.2. The van der Waals surface area contributed by atoms with E-state index in [9.17, 15) is 4.79 Å². The Kier molecular flexibility index (Phi) is 4.22. The molecule has 0 aromatic carbocycles. The Morgan fingerprint density at radius 2 is 2.29 bits per heavy atom. The summed E-state index contributed by atoms with van der Waals surface area (Å²) in [5.41, 5.74) is 5.99. The Labute approximate surface area is 105 Å². The molecule has 6 heteroatoms. The number of nitrogens with one attached hydrogen (secondary N) is 1. The van der Waals surface area contributed by atoms with Gasteiger partial charge in [-0.15, -0.1) is 0 Å². The van der Waals surface area contributed by atoms with Crippen molar-refractivity contribution in [1.29, 1.82) is 0 Å². The van der Waals surface area contributed by atoms with E-state index < -0.39 is 5.97 Å². The standard InChI is InChI=1S/C11H17N3O2S/c1-11(2,17-3)6-14-9-8(12)7(10(15)16)4-5-13-9/h4-5H,6,12H2,1-3H3,(H,13,14)(H,15,16). The lowest BCUT2D eigenvalue weighted by molar-refractivity contribution is 0.0698. The average molecular weight is 255 g/mol. The van der Waals surface area contributed by atoms with Gasteiger partial charge in [-0.25, -0.2) is 9.78 Å². The van der Waals surface area contributed by atoms with Crippen LogP contribution in [-0.4, -0.2) is 33.6 Å². The molecule has 0 unspecified atom stereocenters. The highest BCUT2D eigenvalue weighted by Gasteiger charge is 2.18. The first kappa shape index (κ1) is 13.6. The van der Waals surface area contributed by atoms with E-state index >= 15 is 0 Å². The first-order chi connectivity index (χ1) is 7.87. The summed E-state index contributed by atoms with van der Waals surface area (Å²) in [7, 11) is 0. The maximum Gasteiger partial charge on any atom is 0.337 e. The normalized spacial score (nSPS) is 11.2. The summed E-state index contributed by atoms with van der Waals surface area (Å²) >= 11 is 1.72. The zero-order valence-electron chi connectivity index (χ0n) is 10.2. The number of nitrogens with two attached hydrogens (primary N) is 1. The second-order valence-corrected chi connectivity index (χ2v) is 5.76. The van der Waals surface area contributed by atoms with Gasteiger partial charge in [-0.1, -0.05) is 0 Å². The molecule has 0 saturated heterocycles. The molecular weight excluding hydrogens is 238 g/mol. The predicted molar refractivity (Wildman–Crippen MR) is 71.7 cm³/mol. The van der Waals surface area contributed by atoms with Crippen LogP contribution in [0.25, 0.3) is 0 Å². The summed E-state index contributed by atoms with van der Waals surface area (Å²) in [6.07, 6.45) is 3.46. The molecule has 0 radical (unpaired) electrons. The molecular formula is C11H17N3O2S. The number of carboxylic acid groups (broad SMARTS) is 1. The van der Waals surface area contributed by atoms with Gasteiger partial charge in [-0.05, 0) is 26.2 Å². The second-order valence-electron chi connectivity index (χ2n) is 4.24. The van der Waals surface area contributed by atoms with Gasteiger partial charge in [-0.3, -0.25) is 0 Å². The van der Waals surface area contributed by atoms with Crippen molar-refractivity contribution in [1.82, 2.24) is 4.98 Å². The van der Waals surface area contributed by atoms with Gasteiger partial charge in [0, 0.05) is 17.5 Å². The van der Waals surface area contributed by atoms with Gasteiger partial charge >= 0.3 is 5.97 Å². The Morgan fingerprint density at radius 1 is 1.65 bits per heavy atom. The number of carbonyl (C=O) groups is 1. The fourth-order valence-corrected chi connectivity index (χ4v) is 1.39. The monoisotopic (exact) mass is 255 g/mol. The highest BCUT2D eigenvalue weighted by Crippen LogP contribution is 2.24. The minimum Gasteiger partial charge on any atom is -0.478 e. The molecule has 0 aliphatic heterocycles. The highest BCUT2D eigenvalue weighted by molar-refractivity contribution is 7.99. The van der Waals surface area contributed by atoms with Crippen LogP contribution in [0, 0.1) is 0 Å². The highest BCUT2D eigenvalue weighted by atomic mass is 32.2. The summed E-state index contributed by atoms with van der Waals surface area (Å²) in [5.74, 6) is -0.621. The van der Waals surface area contributed by atoms with Crippen molar-refractivity contribution in [3.05, 3.63) is 17.8 Å². The van der Waals surface area contributed by atoms with E-state index in [2.05, 4.69) is 24.1 Å². The fraction of sp³-hybridized carbons (Fsp3) is 0.455. The van der Waals surface area contributed by atoms with Crippen molar-refractivity contribution in [3.63, 3.8) is 0 Å². The Balaban J connectivity index is 2.86. The van der Waals surface area contributed by atoms with E-state index in [0.717, 1.165) is 0 Å². The number of nitrogen functional groups attached to an aromatic ring is 1. The van der Waals surface area contributed by atoms with E-state index in [1.807, 2.05) is 6.26 Å². The van der Waals surface area contributed by atoms with Crippen molar-refractivity contribution >= 4 is 29.2 Å². The van der Waals surface area contributed by atoms with E-state index in [1.54, 1.807) is 11.8 Å². The molecule has 1 aromatic rings. The number of thioether (sulfide) groups is 1. The molecule has 0 fully saturated rings. The molecule has 17 heavy (non-hydrogen) atoms. The number of pyridine rings is 1. The third kappa shape index (κ3) is 3.52. The van der Waals surface area contributed by atoms with Gasteiger partial charge < -0.3 is 16.2 Å². The molecule has 5 nitrogen and oxygen atoms in total. The summed E-state index contributed by atoms with van der Waals surface area (Å²) < 4.78 is 0.0351. The predicted octanol–water partition coefficient (Wildman–Crippen LogP) is 1.92. The smallest absolute Gasteiger partial charge is 0.337 e. The molecule has 0 saturated carbocycles. The first-order valence-electron chi connectivity index (χ1n) is 5.14. The fourth-order valence-electron chi connectivity index (χ4n) is 1.17. The summed E-state index contributed by atoms with van der Waals surface area (Å²) in [5, 5.41) is 12.0. The van der Waals surface area contributed by atoms with Crippen molar-refractivity contribution < 1.29 is 9.90 Å². The van der Waals surface area contributed by atoms with Gasteiger partial charge in [0.15, 0.2) is 0 Å². The van der Waals surface area contributed by atoms with Gasteiger partial charge in [0.05, 0.1) is 11.3 Å². The van der Waals surface area contributed by atoms with E-state index in [-0.39, 0.29) is 16.0 Å². The quantitative estimate of drug-likeness (QED) is 0.745. The molecule has 0 bridgehead atoms. The van der Waals surface area contributed by atoms with Crippen LogP contribution in [0.1, 0.15) is 24.2 Å². The molecule has 94 valence electrons. The summed E-state index contributed by atoms with van der Waals surface area (Å²) in [6.45, 7) is 4.83. The number of hydrogen-bond donors (Lipinski definition) is 3. The largest absolute Gasteiger partial charge is 0.478 e. The van der Waals surface area contributed by atoms with Crippen LogP contribution >= 0.6 is 11.8 Å². The zero-order chi connectivity index (χ0) is 13.1. The first-order valence-corrected chi connectivity index (χ1v) is 6.36. The van der Waals surface area contributed by atoms with Crippen LogP contribution in [-0.2, 0) is 0 Å². The van der Waals surface area contributed by atoms with Crippen LogP contribution < -0.4 is 11.1 Å². The Morgan fingerprint density at radius 3 is 2.82 bits per heavy atom. The van der Waals surface area contributed by atoms with Gasteiger partial charge in [-0.2, -0.15) is 11.8 Å². The van der Waals surface area contributed by atoms with Crippen molar-refractivity contribution in [2.45, 2.75) is 18.6 Å². The molecule has 0 aliphatic rings. The van der Waals surface area contributed by atoms with Gasteiger partial charge in [0.1, 0.15) is 5.82 Å². The number of rotatable bonds is 5. The average Bonchev–Trinajstić information content (AvgIpc) is 2.27. The number of nitrogens with zero attached hydrogens (tertiary/aromatic N) is 1. The maximum atomic E-state index is 10.9. The second kappa shape index (κ2) is 5.27. The lowest BCUT2D eigenvalue weighted by Gasteiger charge is -2.23. The minimum absolute atomic E-state index is 0.0351. The van der Waals surface area contributed by atoms with Crippen LogP contribution in [0.3, 0.4) is 0 Å². The van der Waals surface area contributed by atoms with Crippen LogP contribution in [0.4, 0.5) is 11.5 Å². The molecule has 0 amide bonds. The van der Waals surface area contributed by atoms with Gasteiger partial charge in [0.2, 0.25) is 0 Å². The maximum absolute atomic E-state index is 10.9. The molecule has 0 atom stereocenters. The van der Waals surface area contributed by atoms with E-state index in [4.69, 9.17) is 10.8 Å². The summed E-state index contributed by atoms with van der Waals surface area (Å²) in [4.78, 5) is 14.9. The molecule has 1 rings (SSSR count). The molecule has 1 heterocycles. The summed E-state index contributed by atoms with van der Waals surface area (Å²) in [6, 6.07) is 1.39. The van der Waals surface area contributed by atoms with Crippen molar-refractivity contribution in [2.75, 3.05) is 23.9 Å². The number of aromatic carboxylic acids is 1. The van der Waals surface area contributed by atoms with Gasteiger partial charge in [0.25, 0.3) is 0 Å². The van der Waals surface area contributed by atoms with Crippen molar-refractivity contribution in [3.8, 4) is 0 Å². The molecule has 4 N–H and O–H groups in total. The molecule has 1 aromatic heterocycles. The third-order valence-corrected chi connectivity index (χ3v) is 3.70. The Hall–Kier alpha value is -1.43. The van der Waals surface area contributed by atoms with Crippen LogP contribution in [0.2, 0.25) is 0 Å². The SMILES string of the molecule is CSC(C)(C)CNc1nccc(C(=O)O)c1N. The number of carboxylic acids is 1. The Bertz CT molecular complexity index is 421. The van der Waals surface area contributed by atoms with Crippen molar-refractivity contribution in [2.24, 2.45) is 0 Å². The minimum atomic E-state index is -1.04. The molecule has 0 aliphatic carbocycles. The topological polar surface area (TPSA) is 88.2 Å².